The highest BCUT2D eigenvalue weighted by Crippen LogP contribution is 2.22. The van der Waals surface area contributed by atoms with E-state index < -0.39 is 28.5 Å². The van der Waals surface area contributed by atoms with Gasteiger partial charge in [0.2, 0.25) is 21.8 Å². The van der Waals surface area contributed by atoms with Gasteiger partial charge >= 0.3 is 0 Å². The number of benzene rings is 4. The van der Waals surface area contributed by atoms with Gasteiger partial charge in [0.05, 0.1) is 11.4 Å². The Kier molecular flexibility index (Phi) is 9.34. The average Bonchev–Trinajstić information content (AvgIpc) is 2.95. The fraction of sp³-hybridized carbons (Fsp3) is 0.250. The van der Waals surface area contributed by atoms with Crippen LogP contribution in [-0.4, -0.2) is 55.1 Å². The van der Waals surface area contributed by atoms with E-state index in [9.17, 15) is 18.0 Å². The second-order valence-electron chi connectivity index (χ2n) is 10.1. The lowest BCUT2D eigenvalue weighted by Crippen LogP contribution is -2.53. The molecule has 0 aliphatic carbocycles. The summed E-state index contributed by atoms with van der Waals surface area (Å²) in [6.45, 7) is 3.48. The number of amides is 2. The van der Waals surface area contributed by atoms with Gasteiger partial charge in [-0.05, 0) is 47.9 Å². The lowest BCUT2D eigenvalue weighted by atomic mass is 10.0. The number of fused-ring (bicyclic) bond motifs is 1. The van der Waals surface area contributed by atoms with Crippen molar-refractivity contribution >= 4 is 32.6 Å². The lowest BCUT2D eigenvalue weighted by molar-refractivity contribution is -0.141. The minimum absolute atomic E-state index is 0.106. The summed E-state index contributed by atoms with van der Waals surface area (Å²) in [6, 6.07) is 30.3. The highest BCUT2D eigenvalue weighted by Gasteiger charge is 2.33. The molecule has 40 heavy (non-hydrogen) atoms. The van der Waals surface area contributed by atoms with E-state index in [-0.39, 0.29) is 23.4 Å². The number of carbonyl (C=O) groups is 2. The van der Waals surface area contributed by atoms with E-state index >= 15 is 0 Å². The van der Waals surface area contributed by atoms with E-state index in [0.29, 0.717) is 6.42 Å². The Morgan fingerprint density at radius 3 is 1.98 bits per heavy atom. The molecule has 0 bridgehead atoms. The zero-order chi connectivity index (χ0) is 28.7. The second kappa shape index (κ2) is 12.9. The molecule has 4 rings (SSSR count). The number of nitrogens with zero attached hydrogens (tertiary/aromatic N) is 2. The molecule has 0 aliphatic heterocycles. The number of sulfonamides is 1. The Bertz CT molecular complexity index is 1560. The molecular formula is C32H35N3O4S. The third kappa shape index (κ3) is 7.14. The van der Waals surface area contributed by atoms with Crippen LogP contribution < -0.4 is 5.32 Å². The molecule has 0 saturated carbocycles. The minimum Gasteiger partial charge on any atom is -0.352 e. The molecule has 2 amide bonds. The maximum absolute atomic E-state index is 13.9. The van der Waals surface area contributed by atoms with Crippen LogP contribution in [0.1, 0.15) is 25.0 Å². The van der Waals surface area contributed by atoms with Crippen molar-refractivity contribution < 1.29 is 18.0 Å². The van der Waals surface area contributed by atoms with Crippen LogP contribution >= 0.6 is 0 Å². The van der Waals surface area contributed by atoms with Crippen LogP contribution in [0.15, 0.2) is 108 Å². The Balaban J connectivity index is 1.65. The number of rotatable bonds is 11. The summed E-state index contributed by atoms with van der Waals surface area (Å²) in [5, 5.41) is 4.66. The molecule has 1 unspecified atom stereocenters. The summed E-state index contributed by atoms with van der Waals surface area (Å²) < 4.78 is 28.1. The summed E-state index contributed by atoms with van der Waals surface area (Å²) in [5.41, 5.74) is 1.74. The van der Waals surface area contributed by atoms with Gasteiger partial charge < -0.3 is 10.2 Å². The number of nitrogens with one attached hydrogen (secondary N) is 1. The SMILES string of the molecule is CC(C)NC(=O)C(Cc1ccccc1)N(Cc1ccccc1)C(=O)CN(C)S(=O)(=O)c1ccc2ccccc2c1. The highest BCUT2D eigenvalue weighted by molar-refractivity contribution is 7.89. The molecule has 1 N–H and O–H groups in total. The zero-order valence-electron chi connectivity index (χ0n) is 23.0. The van der Waals surface area contributed by atoms with Gasteiger partial charge in [-0.3, -0.25) is 9.59 Å². The number of hydrogen-bond donors (Lipinski definition) is 1. The van der Waals surface area contributed by atoms with Gasteiger partial charge in [0.25, 0.3) is 0 Å². The molecule has 7 nitrogen and oxygen atoms in total. The van der Waals surface area contributed by atoms with Crippen molar-refractivity contribution in [1.29, 1.82) is 0 Å². The van der Waals surface area contributed by atoms with Crippen LogP contribution in [0.25, 0.3) is 10.8 Å². The first-order valence-corrected chi connectivity index (χ1v) is 14.7. The van der Waals surface area contributed by atoms with Gasteiger partial charge in [-0.15, -0.1) is 0 Å². The molecule has 0 aromatic heterocycles. The Morgan fingerprint density at radius 2 is 1.35 bits per heavy atom. The van der Waals surface area contributed by atoms with Crippen molar-refractivity contribution in [3.63, 3.8) is 0 Å². The molecule has 4 aromatic carbocycles. The van der Waals surface area contributed by atoms with E-state index in [1.165, 1.54) is 11.9 Å². The number of hydrogen-bond acceptors (Lipinski definition) is 4. The highest BCUT2D eigenvalue weighted by atomic mass is 32.2. The van der Waals surface area contributed by atoms with Crippen molar-refractivity contribution in [1.82, 2.24) is 14.5 Å². The first-order valence-electron chi connectivity index (χ1n) is 13.3. The monoisotopic (exact) mass is 557 g/mol. The molecule has 0 spiro atoms. The predicted octanol–water partition coefficient (Wildman–Crippen LogP) is 4.63. The molecule has 0 fully saturated rings. The van der Waals surface area contributed by atoms with Gasteiger partial charge in [0.15, 0.2) is 0 Å². The van der Waals surface area contributed by atoms with Crippen molar-refractivity contribution in [3.05, 3.63) is 114 Å². The van der Waals surface area contributed by atoms with E-state index in [1.807, 2.05) is 98.8 Å². The lowest BCUT2D eigenvalue weighted by Gasteiger charge is -2.33. The van der Waals surface area contributed by atoms with Crippen molar-refractivity contribution in [2.24, 2.45) is 0 Å². The minimum atomic E-state index is -3.97. The van der Waals surface area contributed by atoms with Crippen LogP contribution in [0.4, 0.5) is 0 Å². The smallest absolute Gasteiger partial charge is 0.243 e. The summed E-state index contributed by atoms with van der Waals surface area (Å²) >= 11 is 0. The first-order chi connectivity index (χ1) is 19.1. The van der Waals surface area contributed by atoms with E-state index in [2.05, 4.69) is 5.32 Å². The van der Waals surface area contributed by atoms with Crippen molar-refractivity contribution in [2.75, 3.05) is 13.6 Å². The van der Waals surface area contributed by atoms with Crippen molar-refractivity contribution in [3.8, 4) is 0 Å². The quantitative estimate of drug-likeness (QED) is 0.292. The van der Waals surface area contributed by atoms with E-state index in [4.69, 9.17) is 0 Å². The molecule has 0 saturated heterocycles. The molecule has 0 radical (unpaired) electrons. The predicted molar refractivity (Wildman–Crippen MR) is 158 cm³/mol. The fourth-order valence-corrected chi connectivity index (χ4v) is 5.75. The maximum Gasteiger partial charge on any atom is 0.243 e. The summed E-state index contributed by atoms with van der Waals surface area (Å²) in [6.07, 6.45) is 0.291. The Morgan fingerprint density at radius 1 is 0.775 bits per heavy atom. The molecule has 8 heteroatoms. The van der Waals surface area contributed by atoms with Gasteiger partial charge in [0, 0.05) is 26.1 Å². The summed E-state index contributed by atoms with van der Waals surface area (Å²) in [5.74, 6) is -0.751. The largest absolute Gasteiger partial charge is 0.352 e. The molecule has 0 heterocycles. The third-order valence-corrected chi connectivity index (χ3v) is 8.48. The van der Waals surface area contributed by atoms with Crippen molar-refractivity contribution in [2.45, 2.75) is 43.8 Å². The number of likely N-dealkylation sites (N-methyl/N-ethyl adjacent to an activating group) is 1. The van der Waals surface area contributed by atoms with Gasteiger partial charge in [-0.2, -0.15) is 4.31 Å². The number of carbonyl (C=O) groups excluding carboxylic acids is 2. The second-order valence-corrected chi connectivity index (χ2v) is 12.2. The standard InChI is InChI=1S/C32H35N3O4S/c1-24(2)33-32(37)30(20-25-12-6-4-7-13-25)35(22-26-14-8-5-9-15-26)31(36)23-34(3)40(38,39)29-19-18-27-16-10-11-17-28(27)21-29/h4-19,21,24,30H,20,22-23H2,1-3H3,(H,33,37). The van der Waals surface area contributed by atoms with Crippen LogP contribution in [-0.2, 0) is 32.6 Å². The molecule has 0 aliphatic rings. The molecule has 208 valence electrons. The molecule has 1 atom stereocenters. The van der Waals surface area contributed by atoms with E-state index in [0.717, 1.165) is 26.2 Å². The fourth-order valence-electron chi connectivity index (χ4n) is 4.59. The van der Waals surface area contributed by atoms with Gasteiger partial charge in [-0.25, -0.2) is 8.42 Å². The van der Waals surface area contributed by atoms with Gasteiger partial charge in [0.1, 0.15) is 6.04 Å². The van der Waals surface area contributed by atoms with Crippen LogP contribution in [0, 0.1) is 0 Å². The van der Waals surface area contributed by atoms with Crippen LogP contribution in [0.5, 0.6) is 0 Å². The average molecular weight is 558 g/mol. The molecular weight excluding hydrogens is 522 g/mol. The Labute approximate surface area is 236 Å². The van der Waals surface area contributed by atoms with Gasteiger partial charge in [-0.1, -0.05) is 91.0 Å². The summed E-state index contributed by atoms with van der Waals surface area (Å²) in [7, 11) is -2.58. The zero-order valence-corrected chi connectivity index (χ0v) is 23.8. The van der Waals surface area contributed by atoms with E-state index in [1.54, 1.807) is 18.2 Å². The topological polar surface area (TPSA) is 86.8 Å². The normalized spacial score (nSPS) is 12.4. The first kappa shape index (κ1) is 29.0. The molecule has 4 aromatic rings. The maximum atomic E-state index is 13.9. The van der Waals surface area contributed by atoms with Crippen LogP contribution in [0.3, 0.4) is 0 Å². The summed E-state index contributed by atoms with van der Waals surface area (Å²) in [4.78, 5) is 29.0. The Hall–Kier alpha value is -4.01. The third-order valence-electron chi connectivity index (χ3n) is 6.68. The van der Waals surface area contributed by atoms with Crippen LogP contribution in [0.2, 0.25) is 0 Å².